The highest BCUT2D eigenvalue weighted by molar-refractivity contribution is 5.91. The van der Waals surface area contributed by atoms with Gasteiger partial charge in [-0.15, -0.1) is 0 Å². The van der Waals surface area contributed by atoms with Crippen molar-refractivity contribution in [3.63, 3.8) is 0 Å². The Morgan fingerprint density at radius 2 is 2.00 bits per heavy atom. The molecule has 9 nitrogen and oxygen atoms in total. The number of nitriles is 1. The van der Waals surface area contributed by atoms with E-state index in [1.165, 1.54) is 35.4 Å². The highest BCUT2D eigenvalue weighted by atomic mass is 19.1. The Bertz CT molecular complexity index is 1190. The normalized spacial score (nSPS) is 15.7. The molecule has 1 aliphatic rings. The van der Waals surface area contributed by atoms with E-state index in [1.807, 2.05) is 0 Å². The number of fused-ring (bicyclic) bond motifs is 1. The smallest absolute Gasteiger partial charge is 0.407 e. The van der Waals surface area contributed by atoms with E-state index in [9.17, 15) is 24.3 Å². The number of piperidine rings is 1. The molecule has 3 heterocycles. The van der Waals surface area contributed by atoms with Crippen LogP contribution < -0.4 is 10.9 Å². The van der Waals surface area contributed by atoms with E-state index in [0.717, 1.165) is 0 Å². The first-order chi connectivity index (χ1) is 14.4. The first-order valence-electron chi connectivity index (χ1n) is 9.42. The number of hydrogen-bond acceptors (Lipinski definition) is 5. The monoisotopic (exact) mass is 410 g/mol. The summed E-state index contributed by atoms with van der Waals surface area (Å²) in [7, 11) is 0. The van der Waals surface area contributed by atoms with Crippen LogP contribution in [0.25, 0.3) is 10.9 Å². The number of carboxylic acid groups (broad SMARTS) is 1. The molecular weight excluding hydrogens is 391 g/mol. The van der Waals surface area contributed by atoms with Crippen LogP contribution in [0.3, 0.4) is 0 Å². The second-order valence-electron chi connectivity index (χ2n) is 7.29. The Morgan fingerprint density at radius 3 is 2.63 bits per heavy atom. The fraction of sp³-hybridized carbons (Fsp3) is 0.300. The Kier molecular flexibility index (Phi) is 4.87. The minimum absolute atomic E-state index is 0.125. The minimum atomic E-state index is -0.999. The number of aromatic amines is 1. The predicted octanol–water partition coefficient (Wildman–Crippen LogP) is 2.99. The lowest BCUT2D eigenvalue weighted by molar-refractivity contribution is 0.0912. The predicted molar refractivity (Wildman–Crippen MR) is 107 cm³/mol. The third-order valence-electron chi connectivity index (χ3n) is 5.53. The molecule has 1 aromatic carbocycles. The highest BCUT2D eigenvalue weighted by Crippen LogP contribution is 2.37. The molecule has 10 heteroatoms. The molecule has 1 fully saturated rings. The van der Waals surface area contributed by atoms with Crippen molar-refractivity contribution in [1.29, 1.82) is 5.26 Å². The maximum Gasteiger partial charge on any atom is 0.407 e. The molecule has 0 spiro atoms. The van der Waals surface area contributed by atoms with Crippen LogP contribution >= 0.6 is 0 Å². The lowest BCUT2D eigenvalue weighted by Gasteiger charge is -2.40. The molecule has 0 unspecified atom stereocenters. The van der Waals surface area contributed by atoms with Gasteiger partial charge in [0.05, 0.1) is 23.5 Å². The largest absolute Gasteiger partial charge is 0.465 e. The van der Waals surface area contributed by atoms with Gasteiger partial charge in [0.25, 0.3) is 5.56 Å². The summed E-state index contributed by atoms with van der Waals surface area (Å²) in [6.07, 6.45) is 1.43. The third kappa shape index (κ3) is 3.34. The number of nitrogens with zero attached hydrogens (tertiary/aromatic N) is 4. The summed E-state index contributed by atoms with van der Waals surface area (Å²) in [4.78, 5) is 27.8. The van der Waals surface area contributed by atoms with Gasteiger partial charge in [0.2, 0.25) is 0 Å². The van der Waals surface area contributed by atoms with E-state index in [4.69, 9.17) is 0 Å². The van der Waals surface area contributed by atoms with Crippen LogP contribution in [-0.4, -0.2) is 44.0 Å². The Hall–Kier alpha value is -3.87. The fourth-order valence-electron chi connectivity index (χ4n) is 3.92. The molecule has 0 radical (unpaired) electrons. The van der Waals surface area contributed by atoms with E-state index in [-0.39, 0.29) is 36.7 Å². The summed E-state index contributed by atoms with van der Waals surface area (Å²) in [6.45, 7) is 0.532. The Morgan fingerprint density at radius 1 is 1.30 bits per heavy atom. The van der Waals surface area contributed by atoms with Crippen molar-refractivity contribution in [3.8, 4) is 6.07 Å². The summed E-state index contributed by atoms with van der Waals surface area (Å²) in [6, 6.07) is 9.56. The van der Waals surface area contributed by atoms with E-state index in [2.05, 4.69) is 21.5 Å². The first kappa shape index (κ1) is 19.4. The van der Waals surface area contributed by atoms with Crippen LogP contribution in [0.15, 0.2) is 41.3 Å². The number of carbonyl (C=O) groups is 1. The zero-order valence-corrected chi connectivity index (χ0v) is 15.9. The number of amides is 1. The number of H-pyrrole nitrogens is 1. The number of halogens is 1. The van der Waals surface area contributed by atoms with Gasteiger partial charge < -0.3 is 20.3 Å². The summed E-state index contributed by atoms with van der Waals surface area (Å²) in [5, 5.41) is 26.7. The van der Waals surface area contributed by atoms with Gasteiger partial charge in [0.15, 0.2) is 5.82 Å². The van der Waals surface area contributed by atoms with Crippen LogP contribution in [0, 0.1) is 17.1 Å². The standard InChI is InChI=1S/C20H19FN6O3/c21-13-1-3-14(4-2-13)24-17-16-15(5-10-23-18(16)28)27(25-17)20(6-9-22)7-11-26(12-8-20)19(29)30/h1-5,10H,6-8,11-12H2,(H,23,28)(H,24,25)(H,29,30). The van der Waals surface area contributed by atoms with Gasteiger partial charge in [-0.1, -0.05) is 0 Å². The average Bonchev–Trinajstić information content (AvgIpc) is 3.10. The number of rotatable bonds is 4. The number of hydrogen-bond donors (Lipinski definition) is 3. The van der Waals surface area contributed by atoms with Gasteiger partial charge >= 0.3 is 6.09 Å². The fourth-order valence-corrected chi connectivity index (χ4v) is 3.92. The maximum absolute atomic E-state index is 13.2. The zero-order valence-electron chi connectivity index (χ0n) is 15.9. The van der Waals surface area contributed by atoms with Gasteiger partial charge in [-0.3, -0.25) is 9.48 Å². The number of likely N-dealkylation sites (tertiary alicyclic amines) is 1. The number of benzene rings is 1. The molecule has 30 heavy (non-hydrogen) atoms. The van der Waals surface area contributed by atoms with Crippen LogP contribution in [0.2, 0.25) is 0 Å². The second-order valence-corrected chi connectivity index (χ2v) is 7.29. The van der Waals surface area contributed by atoms with Gasteiger partial charge in [0, 0.05) is 25.0 Å². The number of nitrogens with one attached hydrogen (secondary N) is 2. The summed E-state index contributed by atoms with van der Waals surface area (Å²) >= 11 is 0. The van der Waals surface area contributed by atoms with Crippen molar-refractivity contribution in [2.45, 2.75) is 24.8 Å². The van der Waals surface area contributed by atoms with Crippen LogP contribution in [0.5, 0.6) is 0 Å². The molecule has 154 valence electrons. The number of pyridine rings is 1. The van der Waals surface area contributed by atoms with Gasteiger partial charge in [0.1, 0.15) is 11.2 Å². The van der Waals surface area contributed by atoms with Crippen molar-refractivity contribution < 1.29 is 14.3 Å². The molecule has 1 saturated heterocycles. The molecule has 2 aromatic heterocycles. The van der Waals surface area contributed by atoms with Crippen molar-refractivity contribution in [2.75, 3.05) is 18.4 Å². The highest BCUT2D eigenvalue weighted by Gasteiger charge is 2.40. The average molecular weight is 410 g/mol. The molecule has 1 amide bonds. The lowest BCUT2D eigenvalue weighted by atomic mass is 9.85. The maximum atomic E-state index is 13.2. The Balaban J connectivity index is 1.81. The van der Waals surface area contributed by atoms with Crippen LogP contribution in [-0.2, 0) is 5.54 Å². The quantitative estimate of drug-likeness (QED) is 0.607. The van der Waals surface area contributed by atoms with E-state index >= 15 is 0 Å². The molecule has 3 aromatic rings. The molecule has 0 atom stereocenters. The molecule has 3 N–H and O–H groups in total. The molecule has 0 aliphatic carbocycles. The summed E-state index contributed by atoms with van der Waals surface area (Å²) in [5.74, 6) is -0.0941. The SMILES string of the molecule is N#CCC1(n2nc(Nc3ccc(F)cc3)c3c(=O)[nH]ccc32)CCN(C(=O)O)CC1. The first-order valence-corrected chi connectivity index (χ1v) is 9.42. The minimum Gasteiger partial charge on any atom is -0.465 e. The van der Waals surface area contributed by atoms with Crippen molar-refractivity contribution in [2.24, 2.45) is 0 Å². The van der Waals surface area contributed by atoms with Crippen molar-refractivity contribution >= 4 is 28.5 Å². The van der Waals surface area contributed by atoms with E-state index in [0.29, 0.717) is 29.4 Å². The van der Waals surface area contributed by atoms with Crippen molar-refractivity contribution in [1.82, 2.24) is 19.7 Å². The van der Waals surface area contributed by atoms with Gasteiger partial charge in [-0.05, 0) is 43.2 Å². The lowest BCUT2D eigenvalue weighted by Crippen LogP contribution is -2.48. The van der Waals surface area contributed by atoms with Crippen LogP contribution in [0.4, 0.5) is 20.7 Å². The topological polar surface area (TPSA) is 127 Å². The van der Waals surface area contributed by atoms with Gasteiger partial charge in [-0.2, -0.15) is 10.4 Å². The summed E-state index contributed by atoms with van der Waals surface area (Å²) < 4.78 is 14.9. The Labute approximate surface area is 170 Å². The number of aromatic nitrogens is 3. The van der Waals surface area contributed by atoms with E-state index in [1.54, 1.807) is 10.7 Å². The third-order valence-corrected chi connectivity index (χ3v) is 5.53. The molecule has 1 aliphatic heterocycles. The van der Waals surface area contributed by atoms with Gasteiger partial charge in [-0.25, -0.2) is 9.18 Å². The molecular formula is C20H19FN6O3. The molecule has 4 rings (SSSR count). The number of anilines is 2. The van der Waals surface area contributed by atoms with Crippen LogP contribution in [0.1, 0.15) is 19.3 Å². The molecule has 0 saturated carbocycles. The molecule has 0 bridgehead atoms. The van der Waals surface area contributed by atoms with Crippen molar-refractivity contribution in [3.05, 3.63) is 52.7 Å². The van der Waals surface area contributed by atoms with E-state index < -0.39 is 11.6 Å². The summed E-state index contributed by atoms with van der Waals surface area (Å²) in [5.41, 5.74) is 0.0113. The second kappa shape index (κ2) is 7.51. The zero-order chi connectivity index (χ0) is 21.3.